The molecule has 0 fully saturated rings. The van der Waals surface area contributed by atoms with Crippen molar-refractivity contribution in [3.63, 3.8) is 0 Å². The molecule has 0 aliphatic carbocycles. The maximum Gasteiger partial charge on any atom is 0.351 e. The number of hydrogen-bond acceptors (Lipinski definition) is 5. The summed E-state index contributed by atoms with van der Waals surface area (Å²) in [4.78, 5) is 29.9. The Hall–Kier alpha value is -2.99. The number of aromatic nitrogens is 1. The van der Waals surface area contributed by atoms with E-state index in [2.05, 4.69) is 10.3 Å². The van der Waals surface area contributed by atoms with Gasteiger partial charge in [0, 0.05) is 11.3 Å². The van der Waals surface area contributed by atoms with Gasteiger partial charge in [-0.2, -0.15) is 0 Å². The highest BCUT2D eigenvalue weighted by molar-refractivity contribution is 7.17. The highest BCUT2D eigenvalue weighted by atomic mass is 32.1. The standard InChI is InChI=1S/C22H22N2O3S/c1-13-10-11-18(14(2)12-13)24-20(25)16(4)27-22(26)19-15(3)23-21(28-19)17-8-6-5-7-9-17/h5-12,16H,1-4H3,(H,24,25)/t16-/m1/s1. The summed E-state index contributed by atoms with van der Waals surface area (Å²) in [6.45, 7) is 7.24. The number of anilines is 1. The first-order valence-electron chi connectivity index (χ1n) is 8.97. The minimum Gasteiger partial charge on any atom is -0.448 e. The molecule has 0 aliphatic heterocycles. The third-order valence-corrected chi connectivity index (χ3v) is 5.48. The molecule has 1 N–H and O–H groups in total. The van der Waals surface area contributed by atoms with Crippen LogP contribution in [0.2, 0.25) is 0 Å². The third-order valence-electron chi connectivity index (χ3n) is 4.30. The molecule has 0 saturated heterocycles. The number of carbonyl (C=O) groups is 2. The third kappa shape index (κ3) is 4.46. The van der Waals surface area contributed by atoms with Crippen molar-refractivity contribution in [3.05, 3.63) is 70.2 Å². The number of hydrogen-bond donors (Lipinski definition) is 1. The minimum absolute atomic E-state index is 0.370. The van der Waals surface area contributed by atoms with E-state index in [1.54, 1.807) is 13.8 Å². The molecule has 1 amide bonds. The van der Waals surface area contributed by atoms with E-state index in [0.717, 1.165) is 21.7 Å². The Labute approximate surface area is 168 Å². The molecule has 0 aliphatic rings. The lowest BCUT2D eigenvalue weighted by Crippen LogP contribution is -2.30. The van der Waals surface area contributed by atoms with Crippen molar-refractivity contribution < 1.29 is 14.3 Å². The van der Waals surface area contributed by atoms with Crippen molar-refractivity contribution >= 4 is 28.9 Å². The SMILES string of the molecule is Cc1ccc(NC(=O)[C@@H](C)OC(=O)c2sc(-c3ccccc3)nc2C)c(C)c1. The first-order chi connectivity index (χ1) is 13.3. The quantitative estimate of drug-likeness (QED) is 0.624. The molecule has 5 nitrogen and oxygen atoms in total. The number of ether oxygens (including phenoxy) is 1. The highest BCUT2D eigenvalue weighted by Crippen LogP contribution is 2.28. The van der Waals surface area contributed by atoms with E-state index >= 15 is 0 Å². The number of amides is 1. The van der Waals surface area contributed by atoms with E-state index in [1.807, 2.05) is 62.4 Å². The minimum atomic E-state index is -0.921. The van der Waals surface area contributed by atoms with Crippen LogP contribution in [0.15, 0.2) is 48.5 Å². The molecule has 1 heterocycles. The van der Waals surface area contributed by atoms with Gasteiger partial charge in [-0.3, -0.25) is 4.79 Å². The second-order valence-electron chi connectivity index (χ2n) is 6.65. The fourth-order valence-electron chi connectivity index (χ4n) is 2.75. The molecule has 0 bridgehead atoms. The van der Waals surface area contributed by atoms with Gasteiger partial charge in [-0.25, -0.2) is 9.78 Å². The van der Waals surface area contributed by atoms with Gasteiger partial charge in [-0.15, -0.1) is 11.3 Å². The van der Waals surface area contributed by atoms with Crippen LogP contribution in [0.1, 0.15) is 33.4 Å². The Morgan fingerprint density at radius 2 is 1.79 bits per heavy atom. The first kappa shape index (κ1) is 19.8. The van der Waals surface area contributed by atoms with Crippen LogP contribution >= 0.6 is 11.3 Å². The molecule has 6 heteroatoms. The monoisotopic (exact) mass is 394 g/mol. The van der Waals surface area contributed by atoms with Gasteiger partial charge >= 0.3 is 5.97 Å². The Bertz CT molecular complexity index is 1010. The van der Waals surface area contributed by atoms with Crippen LogP contribution in [0.25, 0.3) is 10.6 Å². The van der Waals surface area contributed by atoms with E-state index in [1.165, 1.54) is 11.3 Å². The maximum absolute atomic E-state index is 12.6. The van der Waals surface area contributed by atoms with Crippen LogP contribution in [0, 0.1) is 20.8 Å². The van der Waals surface area contributed by atoms with Crippen LogP contribution in [0.4, 0.5) is 5.69 Å². The molecule has 0 radical (unpaired) electrons. The van der Waals surface area contributed by atoms with Crippen LogP contribution in [0.3, 0.4) is 0 Å². The number of benzene rings is 2. The number of thiazole rings is 1. The lowest BCUT2D eigenvalue weighted by atomic mass is 10.1. The topological polar surface area (TPSA) is 68.3 Å². The summed E-state index contributed by atoms with van der Waals surface area (Å²) in [6, 6.07) is 15.4. The second-order valence-corrected chi connectivity index (χ2v) is 7.65. The summed E-state index contributed by atoms with van der Waals surface area (Å²) in [5.74, 6) is -0.911. The van der Waals surface area contributed by atoms with Gasteiger partial charge in [0.15, 0.2) is 6.10 Å². The lowest BCUT2D eigenvalue weighted by Gasteiger charge is -2.14. The molecular formula is C22H22N2O3S. The van der Waals surface area contributed by atoms with E-state index in [4.69, 9.17) is 4.74 Å². The Balaban J connectivity index is 1.68. The summed E-state index contributed by atoms with van der Waals surface area (Å²) in [6.07, 6.45) is -0.921. The van der Waals surface area contributed by atoms with E-state index < -0.39 is 12.1 Å². The van der Waals surface area contributed by atoms with Gasteiger partial charge in [0.1, 0.15) is 9.88 Å². The van der Waals surface area contributed by atoms with Gasteiger partial charge in [0.2, 0.25) is 0 Å². The molecule has 2 aromatic carbocycles. The first-order valence-corrected chi connectivity index (χ1v) is 9.78. The fraction of sp³-hybridized carbons (Fsp3) is 0.227. The van der Waals surface area contributed by atoms with Gasteiger partial charge in [0.05, 0.1) is 5.69 Å². The molecule has 0 unspecified atom stereocenters. The Kier molecular flexibility index (Phi) is 5.90. The van der Waals surface area contributed by atoms with Crippen LogP contribution < -0.4 is 5.32 Å². The van der Waals surface area contributed by atoms with Crippen molar-refractivity contribution in [2.24, 2.45) is 0 Å². The molecule has 28 heavy (non-hydrogen) atoms. The summed E-state index contributed by atoms with van der Waals surface area (Å²) in [7, 11) is 0. The van der Waals surface area contributed by atoms with Gasteiger partial charge in [-0.1, -0.05) is 48.0 Å². The summed E-state index contributed by atoms with van der Waals surface area (Å²) >= 11 is 1.27. The predicted octanol–water partition coefficient (Wildman–Crippen LogP) is 4.92. The Morgan fingerprint density at radius 3 is 2.46 bits per heavy atom. The zero-order valence-corrected chi connectivity index (χ0v) is 17.1. The average molecular weight is 394 g/mol. The molecule has 1 aromatic heterocycles. The molecule has 1 atom stereocenters. The van der Waals surface area contributed by atoms with Crippen LogP contribution in [0.5, 0.6) is 0 Å². The number of nitrogens with one attached hydrogen (secondary N) is 1. The van der Waals surface area contributed by atoms with Crippen molar-refractivity contribution in [2.75, 3.05) is 5.32 Å². The van der Waals surface area contributed by atoms with E-state index in [9.17, 15) is 9.59 Å². The van der Waals surface area contributed by atoms with E-state index in [0.29, 0.717) is 16.3 Å². The number of rotatable bonds is 5. The Morgan fingerprint density at radius 1 is 1.07 bits per heavy atom. The molecule has 3 rings (SSSR count). The predicted molar refractivity (Wildman–Crippen MR) is 112 cm³/mol. The molecule has 3 aromatic rings. The van der Waals surface area contributed by atoms with Crippen LogP contribution in [-0.4, -0.2) is 23.0 Å². The zero-order valence-electron chi connectivity index (χ0n) is 16.3. The molecular weight excluding hydrogens is 372 g/mol. The fourth-order valence-corrected chi connectivity index (χ4v) is 3.70. The van der Waals surface area contributed by atoms with Crippen molar-refractivity contribution in [1.82, 2.24) is 4.98 Å². The van der Waals surface area contributed by atoms with Gasteiger partial charge < -0.3 is 10.1 Å². The van der Waals surface area contributed by atoms with Crippen molar-refractivity contribution in [2.45, 2.75) is 33.8 Å². The second kappa shape index (κ2) is 8.35. The maximum atomic E-state index is 12.6. The van der Waals surface area contributed by atoms with Gasteiger partial charge in [-0.05, 0) is 39.3 Å². The van der Waals surface area contributed by atoms with Crippen LogP contribution in [-0.2, 0) is 9.53 Å². The number of aryl methyl sites for hydroxylation is 3. The van der Waals surface area contributed by atoms with Gasteiger partial charge in [0.25, 0.3) is 5.91 Å². The summed E-state index contributed by atoms with van der Waals surface area (Å²) < 4.78 is 5.38. The summed E-state index contributed by atoms with van der Waals surface area (Å²) in [5, 5.41) is 3.56. The number of carbonyl (C=O) groups excluding carboxylic acids is 2. The number of nitrogens with zero attached hydrogens (tertiary/aromatic N) is 1. The molecule has 0 spiro atoms. The normalized spacial score (nSPS) is 11.7. The average Bonchev–Trinajstić information content (AvgIpc) is 3.06. The summed E-state index contributed by atoms with van der Waals surface area (Å²) in [5.41, 5.74) is 4.31. The smallest absolute Gasteiger partial charge is 0.351 e. The number of esters is 1. The zero-order chi connectivity index (χ0) is 20.3. The van der Waals surface area contributed by atoms with Crippen molar-refractivity contribution in [1.29, 1.82) is 0 Å². The highest BCUT2D eigenvalue weighted by Gasteiger charge is 2.23. The van der Waals surface area contributed by atoms with Crippen molar-refractivity contribution in [3.8, 4) is 10.6 Å². The molecule has 144 valence electrons. The van der Waals surface area contributed by atoms with E-state index in [-0.39, 0.29) is 5.91 Å². The molecule has 0 saturated carbocycles. The lowest BCUT2D eigenvalue weighted by molar-refractivity contribution is -0.123. The largest absolute Gasteiger partial charge is 0.448 e.